The summed E-state index contributed by atoms with van der Waals surface area (Å²) in [5, 5.41) is 8.96. The number of carboxylic acid groups (broad SMARTS) is 1. The highest BCUT2D eigenvalue weighted by Gasteiger charge is 2.30. The lowest BCUT2D eigenvalue weighted by Crippen LogP contribution is -2.35. The Morgan fingerprint density at radius 1 is 1.71 bits per heavy atom. The highest BCUT2D eigenvalue weighted by Crippen LogP contribution is 2.19. The second-order valence-corrected chi connectivity index (χ2v) is 3.69. The number of aromatic amines is 1. The molecule has 4 heteroatoms. The second-order valence-electron chi connectivity index (χ2n) is 3.69. The van der Waals surface area contributed by atoms with E-state index >= 15 is 0 Å². The van der Waals surface area contributed by atoms with Gasteiger partial charge in [0.25, 0.3) is 0 Å². The molecule has 0 spiro atoms. The third-order valence-corrected chi connectivity index (χ3v) is 2.70. The fourth-order valence-corrected chi connectivity index (χ4v) is 1.99. The lowest BCUT2D eigenvalue weighted by molar-refractivity contribution is -0.142. The van der Waals surface area contributed by atoms with Crippen LogP contribution in [0.4, 0.5) is 0 Å². The van der Waals surface area contributed by atoms with E-state index in [9.17, 15) is 4.79 Å². The van der Waals surface area contributed by atoms with Gasteiger partial charge in [-0.1, -0.05) is 0 Å². The van der Waals surface area contributed by atoms with E-state index in [2.05, 4.69) is 4.98 Å². The molecule has 1 aliphatic rings. The van der Waals surface area contributed by atoms with E-state index in [0.717, 1.165) is 31.5 Å². The zero-order valence-corrected chi connectivity index (χ0v) is 7.94. The number of nitrogens with zero attached hydrogens (tertiary/aromatic N) is 1. The number of carboxylic acids is 1. The van der Waals surface area contributed by atoms with Crippen LogP contribution in [0.3, 0.4) is 0 Å². The smallest absolute Gasteiger partial charge is 0.320 e. The Labute approximate surface area is 82.5 Å². The van der Waals surface area contributed by atoms with Crippen LogP contribution in [0.1, 0.15) is 18.4 Å². The van der Waals surface area contributed by atoms with Crippen LogP contribution in [-0.2, 0) is 11.3 Å². The third kappa shape index (κ3) is 1.80. The minimum Gasteiger partial charge on any atom is -0.480 e. The number of carbonyl (C=O) groups is 1. The molecule has 4 nitrogen and oxygen atoms in total. The Morgan fingerprint density at radius 3 is 3.21 bits per heavy atom. The van der Waals surface area contributed by atoms with Crippen LogP contribution in [0.25, 0.3) is 0 Å². The van der Waals surface area contributed by atoms with Gasteiger partial charge in [0, 0.05) is 18.9 Å². The largest absolute Gasteiger partial charge is 0.480 e. The highest BCUT2D eigenvalue weighted by atomic mass is 16.4. The van der Waals surface area contributed by atoms with E-state index in [0.29, 0.717) is 0 Å². The van der Waals surface area contributed by atoms with Gasteiger partial charge in [0.1, 0.15) is 6.04 Å². The molecule has 1 unspecified atom stereocenters. The number of aromatic nitrogens is 1. The molecule has 1 atom stereocenters. The fourth-order valence-electron chi connectivity index (χ4n) is 1.99. The summed E-state index contributed by atoms with van der Waals surface area (Å²) in [6, 6.07) is 1.70. The second kappa shape index (κ2) is 3.84. The summed E-state index contributed by atoms with van der Waals surface area (Å²) in [4.78, 5) is 15.9. The zero-order chi connectivity index (χ0) is 9.97. The van der Waals surface area contributed by atoms with Crippen molar-refractivity contribution in [3.05, 3.63) is 24.0 Å². The van der Waals surface area contributed by atoms with E-state index in [1.807, 2.05) is 23.4 Å². The molecule has 14 heavy (non-hydrogen) atoms. The number of hydrogen-bond acceptors (Lipinski definition) is 2. The molecule has 1 fully saturated rings. The zero-order valence-electron chi connectivity index (χ0n) is 7.94. The van der Waals surface area contributed by atoms with Crippen molar-refractivity contribution in [2.45, 2.75) is 25.4 Å². The molecular weight excluding hydrogens is 180 g/mol. The van der Waals surface area contributed by atoms with Gasteiger partial charge in [-0.15, -0.1) is 0 Å². The lowest BCUT2D eigenvalue weighted by atomic mass is 10.2. The van der Waals surface area contributed by atoms with Crippen LogP contribution in [0, 0.1) is 0 Å². The molecule has 0 amide bonds. The van der Waals surface area contributed by atoms with Crippen LogP contribution in [-0.4, -0.2) is 33.5 Å². The molecule has 0 aliphatic carbocycles. The Bertz CT molecular complexity index is 308. The van der Waals surface area contributed by atoms with Crippen LogP contribution in [0.2, 0.25) is 0 Å². The monoisotopic (exact) mass is 194 g/mol. The molecule has 0 aromatic carbocycles. The summed E-state index contributed by atoms with van der Waals surface area (Å²) < 4.78 is 0. The van der Waals surface area contributed by atoms with Gasteiger partial charge in [0.15, 0.2) is 0 Å². The Kier molecular flexibility index (Phi) is 2.54. The predicted octanol–water partition coefficient (Wildman–Crippen LogP) is 1.06. The Morgan fingerprint density at radius 2 is 2.57 bits per heavy atom. The Balaban J connectivity index is 2.00. The van der Waals surface area contributed by atoms with Crippen LogP contribution in [0.5, 0.6) is 0 Å². The van der Waals surface area contributed by atoms with Gasteiger partial charge in [-0.25, -0.2) is 0 Å². The molecule has 2 heterocycles. The van der Waals surface area contributed by atoms with Crippen LogP contribution in [0.15, 0.2) is 18.5 Å². The molecule has 1 aromatic rings. The maximum atomic E-state index is 10.9. The molecule has 2 N–H and O–H groups in total. The van der Waals surface area contributed by atoms with Crippen molar-refractivity contribution in [1.82, 2.24) is 9.88 Å². The summed E-state index contributed by atoms with van der Waals surface area (Å²) in [5.41, 5.74) is 1.15. The number of likely N-dealkylation sites (tertiary alicyclic amines) is 1. The minimum absolute atomic E-state index is 0.287. The maximum absolute atomic E-state index is 10.9. The number of aliphatic carboxylic acids is 1. The van der Waals surface area contributed by atoms with Gasteiger partial charge >= 0.3 is 5.97 Å². The van der Waals surface area contributed by atoms with E-state index < -0.39 is 5.97 Å². The quantitative estimate of drug-likeness (QED) is 0.756. The summed E-state index contributed by atoms with van der Waals surface area (Å²) in [6.45, 7) is 1.63. The fraction of sp³-hybridized carbons (Fsp3) is 0.500. The average molecular weight is 194 g/mol. The molecule has 2 rings (SSSR count). The SMILES string of the molecule is O=C(O)C1CCCN1Cc1cc[nH]c1. The highest BCUT2D eigenvalue weighted by molar-refractivity contribution is 5.73. The lowest BCUT2D eigenvalue weighted by Gasteiger charge is -2.19. The van der Waals surface area contributed by atoms with Gasteiger partial charge in [-0.05, 0) is 31.0 Å². The molecule has 0 radical (unpaired) electrons. The van der Waals surface area contributed by atoms with E-state index in [4.69, 9.17) is 5.11 Å². The van der Waals surface area contributed by atoms with Crippen molar-refractivity contribution in [2.75, 3.05) is 6.54 Å². The van der Waals surface area contributed by atoms with E-state index in [-0.39, 0.29) is 6.04 Å². The standard InChI is InChI=1S/C10H14N2O2/c13-10(14)9-2-1-5-12(9)7-8-3-4-11-6-8/h3-4,6,9,11H,1-2,5,7H2,(H,13,14). The van der Waals surface area contributed by atoms with Crippen molar-refractivity contribution in [3.63, 3.8) is 0 Å². The molecule has 0 saturated carbocycles. The van der Waals surface area contributed by atoms with Gasteiger partial charge in [0.05, 0.1) is 0 Å². The van der Waals surface area contributed by atoms with Gasteiger partial charge in [0.2, 0.25) is 0 Å². The summed E-state index contributed by atoms with van der Waals surface area (Å²) in [6.07, 6.45) is 5.54. The normalized spacial score (nSPS) is 22.7. The van der Waals surface area contributed by atoms with Crippen LogP contribution >= 0.6 is 0 Å². The molecule has 1 aliphatic heterocycles. The Hall–Kier alpha value is -1.29. The third-order valence-electron chi connectivity index (χ3n) is 2.70. The average Bonchev–Trinajstić information content (AvgIpc) is 2.75. The first kappa shape index (κ1) is 9.27. The molecule has 0 bridgehead atoms. The molecule has 1 saturated heterocycles. The number of H-pyrrole nitrogens is 1. The topological polar surface area (TPSA) is 56.3 Å². The van der Waals surface area contributed by atoms with Crippen molar-refractivity contribution < 1.29 is 9.90 Å². The van der Waals surface area contributed by atoms with Crippen molar-refractivity contribution in [1.29, 1.82) is 0 Å². The van der Waals surface area contributed by atoms with E-state index in [1.165, 1.54) is 0 Å². The minimum atomic E-state index is -0.696. The van der Waals surface area contributed by atoms with Gasteiger partial charge < -0.3 is 10.1 Å². The summed E-state index contributed by atoms with van der Waals surface area (Å²) in [5.74, 6) is -0.696. The number of hydrogen-bond donors (Lipinski definition) is 2. The maximum Gasteiger partial charge on any atom is 0.320 e. The number of nitrogens with one attached hydrogen (secondary N) is 1. The first-order valence-electron chi connectivity index (χ1n) is 4.86. The van der Waals surface area contributed by atoms with Crippen LogP contribution < -0.4 is 0 Å². The summed E-state index contributed by atoms with van der Waals surface area (Å²) in [7, 11) is 0. The molecule has 1 aromatic heterocycles. The number of rotatable bonds is 3. The first-order chi connectivity index (χ1) is 6.77. The van der Waals surface area contributed by atoms with Crippen molar-refractivity contribution in [2.24, 2.45) is 0 Å². The van der Waals surface area contributed by atoms with E-state index in [1.54, 1.807) is 0 Å². The van der Waals surface area contributed by atoms with Gasteiger partial charge in [-0.3, -0.25) is 9.69 Å². The van der Waals surface area contributed by atoms with Crippen molar-refractivity contribution in [3.8, 4) is 0 Å². The molecular formula is C10H14N2O2. The predicted molar refractivity (Wildman–Crippen MR) is 51.9 cm³/mol. The summed E-state index contributed by atoms with van der Waals surface area (Å²) >= 11 is 0. The van der Waals surface area contributed by atoms with Crippen molar-refractivity contribution >= 4 is 5.97 Å². The van der Waals surface area contributed by atoms with Gasteiger partial charge in [-0.2, -0.15) is 0 Å². The first-order valence-corrected chi connectivity index (χ1v) is 4.86. The molecule has 76 valence electrons.